The highest BCUT2D eigenvalue weighted by molar-refractivity contribution is 6.13. The fourth-order valence-electron chi connectivity index (χ4n) is 3.67. The fourth-order valence-corrected chi connectivity index (χ4v) is 3.67. The summed E-state index contributed by atoms with van der Waals surface area (Å²) in [4.78, 5) is 36.3. The Bertz CT molecular complexity index is 963. The number of fused-ring (bicyclic) bond motifs is 3. The normalized spacial score (nSPS) is 16.2. The van der Waals surface area contributed by atoms with E-state index in [-0.39, 0.29) is 31.4 Å². The summed E-state index contributed by atoms with van der Waals surface area (Å²) < 4.78 is 0. The van der Waals surface area contributed by atoms with E-state index in [9.17, 15) is 19.5 Å². The molecule has 1 heterocycles. The third-order valence-electron chi connectivity index (χ3n) is 4.98. The Morgan fingerprint density at radius 1 is 1.00 bits per heavy atom. The van der Waals surface area contributed by atoms with Crippen LogP contribution in [0.3, 0.4) is 0 Å². The molecule has 2 aliphatic rings. The van der Waals surface area contributed by atoms with E-state index in [0.717, 1.165) is 27.2 Å². The van der Waals surface area contributed by atoms with Crippen molar-refractivity contribution in [2.24, 2.45) is 0 Å². The number of carbonyl (C=O) groups is 3. The predicted molar refractivity (Wildman–Crippen MR) is 111 cm³/mol. The van der Waals surface area contributed by atoms with Crippen molar-refractivity contribution >= 4 is 23.4 Å². The molecule has 2 aromatic rings. The van der Waals surface area contributed by atoms with Gasteiger partial charge in [-0.3, -0.25) is 19.3 Å². The smallest absolute Gasteiger partial charge is 0.253 e. The molecule has 150 valence electrons. The second-order valence-corrected chi connectivity index (χ2v) is 6.58. The third-order valence-corrected chi connectivity index (χ3v) is 4.98. The summed E-state index contributed by atoms with van der Waals surface area (Å²) in [7, 11) is 0. The van der Waals surface area contributed by atoms with Gasteiger partial charge in [-0.15, -0.1) is 0 Å². The highest BCUT2D eigenvalue weighted by atomic mass is 16.3. The molecule has 2 aromatic carbocycles. The lowest BCUT2D eigenvalue weighted by molar-refractivity contribution is -0.137. The molecule has 1 atom stereocenters. The van der Waals surface area contributed by atoms with Crippen molar-refractivity contribution in [2.75, 3.05) is 18.5 Å². The van der Waals surface area contributed by atoms with Gasteiger partial charge in [-0.25, -0.2) is 0 Å². The molecule has 6 nitrogen and oxygen atoms in total. The van der Waals surface area contributed by atoms with E-state index >= 15 is 0 Å². The molecule has 1 unspecified atom stereocenters. The van der Waals surface area contributed by atoms with Gasteiger partial charge in [0.15, 0.2) is 0 Å². The molecule has 1 aliphatic heterocycles. The second kappa shape index (κ2) is 8.84. The molecule has 2 N–H and O–H groups in total. The van der Waals surface area contributed by atoms with Crippen LogP contribution in [0, 0.1) is 0 Å². The van der Waals surface area contributed by atoms with Crippen molar-refractivity contribution in [1.82, 2.24) is 4.90 Å². The number of imide groups is 1. The maximum Gasteiger partial charge on any atom is 0.253 e. The molecule has 1 aliphatic carbocycles. The van der Waals surface area contributed by atoms with Crippen molar-refractivity contribution in [1.29, 1.82) is 0 Å². The lowest BCUT2D eigenvalue weighted by Gasteiger charge is -2.14. The number of anilines is 1. The largest absolute Gasteiger partial charge is 0.395 e. The van der Waals surface area contributed by atoms with Crippen LogP contribution < -0.4 is 5.32 Å². The number of nitrogens with zero attached hydrogens (tertiary/aromatic N) is 1. The third kappa shape index (κ3) is 3.98. The second-order valence-electron chi connectivity index (χ2n) is 6.58. The standard InChI is InChI=1S/C21H18N2O4.C2H6/c24-12-18-15-4-2-1-3-14(15)16-6-5-13(11-17(16)18)22-19(25)9-10-23-20(26)7-8-21(23)27;1-2/h1-8,11,18,24H,9-10,12H2,(H,22,25);1-2H3. The van der Waals surface area contributed by atoms with Crippen LogP contribution in [0.2, 0.25) is 0 Å². The lowest BCUT2D eigenvalue weighted by Crippen LogP contribution is -2.33. The van der Waals surface area contributed by atoms with Crippen LogP contribution >= 0.6 is 0 Å². The highest BCUT2D eigenvalue weighted by Gasteiger charge is 2.28. The average molecular weight is 392 g/mol. The van der Waals surface area contributed by atoms with Gasteiger partial charge in [0.2, 0.25) is 5.91 Å². The zero-order valence-electron chi connectivity index (χ0n) is 16.5. The van der Waals surface area contributed by atoms with E-state index in [1.807, 2.05) is 56.3 Å². The molecule has 0 fully saturated rings. The molecule has 29 heavy (non-hydrogen) atoms. The minimum atomic E-state index is -0.395. The Kier molecular flexibility index (Phi) is 6.24. The number of amides is 3. The lowest BCUT2D eigenvalue weighted by atomic mass is 9.98. The summed E-state index contributed by atoms with van der Waals surface area (Å²) in [6, 6.07) is 13.6. The minimum absolute atomic E-state index is 0.00635. The van der Waals surface area contributed by atoms with Gasteiger partial charge in [0.05, 0.1) is 6.61 Å². The first-order chi connectivity index (χ1) is 14.1. The highest BCUT2D eigenvalue weighted by Crippen LogP contribution is 2.45. The van der Waals surface area contributed by atoms with E-state index in [1.165, 1.54) is 12.2 Å². The zero-order valence-corrected chi connectivity index (χ0v) is 16.5. The number of carbonyl (C=O) groups excluding carboxylic acids is 3. The van der Waals surface area contributed by atoms with Crippen molar-refractivity contribution in [3.8, 4) is 11.1 Å². The number of aliphatic hydroxyl groups excluding tert-OH is 1. The first-order valence-corrected chi connectivity index (χ1v) is 9.76. The Morgan fingerprint density at radius 3 is 2.34 bits per heavy atom. The van der Waals surface area contributed by atoms with Crippen LogP contribution in [0.15, 0.2) is 54.6 Å². The van der Waals surface area contributed by atoms with E-state index in [0.29, 0.717) is 5.69 Å². The van der Waals surface area contributed by atoms with E-state index in [2.05, 4.69) is 5.32 Å². The summed E-state index contributed by atoms with van der Waals surface area (Å²) in [5, 5.41) is 12.6. The molecule has 0 radical (unpaired) electrons. The molecule has 0 aromatic heterocycles. The van der Waals surface area contributed by atoms with Gasteiger partial charge in [-0.2, -0.15) is 0 Å². The van der Waals surface area contributed by atoms with Gasteiger partial charge in [-0.1, -0.05) is 44.2 Å². The maximum absolute atomic E-state index is 12.2. The molecule has 6 heteroatoms. The van der Waals surface area contributed by atoms with Gasteiger partial charge in [-0.05, 0) is 34.4 Å². The molecule has 4 rings (SSSR count). The topological polar surface area (TPSA) is 86.7 Å². The first-order valence-electron chi connectivity index (χ1n) is 9.76. The van der Waals surface area contributed by atoms with Crippen LogP contribution in [0.1, 0.15) is 37.3 Å². The molecular formula is C23H24N2O4. The van der Waals surface area contributed by atoms with Crippen LogP contribution in [0.5, 0.6) is 0 Å². The SMILES string of the molecule is CC.O=C(CCN1C(=O)C=CC1=O)Nc1ccc2c(c1)C(CO)c1ccccc1-2. The van der Waals surface area contributed by atoms with Crippen LogP contribution in [0.25, 0.3) is 11.1 Å². The van der Waals surface area contributed by atoms with Gasteiger partial charge < -0.3 is 10.4 Å². The molecule has 0 spiro atoms. The van der Waals surface area contributed by atoms with Gasteiger partial charge in [0.25, 0.3) is 11.8 Å². The summed E-state index contributed by atoms with van der Waals surface area (Å²) in [6.07, 6.45) is 2.43. The van der Waals surface area contributed by atoms with Crippen molar-refractivity contribution < 1.29 is 19.5 Å². The number of hydrogen-bond acceptors (Lipinski definition) is 4. The van der Waals surface area contributed by atoms with E-state index in [1.54, 1.807) is 0 Å². The number of aliphatic hydroxyl groups is 1. The Hall–Kier alpha value is -3.25. The molecule has 0 bridgehead atoms. The zero-order chi connectivity index (χ0) is 21.0. The fraction of sp³-hybridized carbons (Fsp3) is 0.261. The van der Waals surface area contributed by atoms with E-state index < -0.39 is 11.8 Å². The van der Waals surface area contributed by atoms with Crippen LogP contribution in [-0.2, 0) is 14.4 Å². The maximum atomic E-state index is 12.2. The van der Waals surface area contributed by atoms with Crippen molar-refractivity contribution in [3.05, 3.63) is 65.7 Å². The number of rotatable bonds is 5. The van der Waals surface area contributed by atoms with Gasteiger partial charge >= 0.3 is 0 Å². The monoisotopic (exact) mass is 392 g/mol. The quantitative estimate of drug-likeness (QED) is 0.766. The Labute approximate surface area is 169 Å². The van der Waals surface area contributed by atoms with Gasteiger partial charge in [0, 0.05) is 36.7 Å². The summed E-state index contributed by atoms with van der Waals surface area (Å²) in [6.45, 7) is 4.04. The number of nitrogens with one attached hydrogen (secondary N) is 1. The van der Waals surface area contributed by atoms with Crippen LogP contribution in [0.4, 0.5) is 5.69 Å². The van der Waals surface area contributed by atoms with Crippen LogP contribution in [-0.4, -0.2) is 40.9 Å². The summed E-state index contributed by atoms with van der Waals surface area (Å²) in [5.74, 6) is -1.18. The minimum Gasteiger partial charge on any atom is -0.395 e. The predicted octanol–water partition coefficient (Wildman–Crippen LogP) is 3.07. The Morgan fingerprint density at radius 2 is 1.66 bits per heavy atom. The molecule has 0 saturated carbocycles. The molecule has 3 amide bonds. The molecular weight excluding hydrogens is 368 g/mol. The summed E-state index contributed by atoms with van der Waals surface area (Å²) >= 11 is 0. The first kappa shape index (κ1) is 20.5. The average Bonchev–Trinajstić information content (AvgIpc) is 3.23. The van der Waals surface area contributed by atoms with Crippen molar-refractivity contribution in [3.63, 3.8) is 0 Å². The van der Waals surface area contributed by atoms with Crippen molar-refractivity contribution in [2.45, 2.75) is 26.2 Å². The number of hydrogen-bond donors (Lipinski definition) is 2. The molecule has 0 saturated heterocycles. The van der Waals surface area contributed by atoms with E-state index in [4.69, 9.17) is 0 Å². The van der Waals surface area contributed by atoms with Gasteiger partial charge in [0.1, 0.15) is 0 Å². The number of benzene rings is 2. The summed E-state index contributed by atoms with van der Waals surface area (Å²) in [5.41, 5.74) is 4.84. The Balaban J connectivity index is 0.00000117.